The van der Waals surface area contributed by atoms with Crippen LogP contribution in [0.5, 0.6) is 0 Å². The molecular weight excluding hydrogens is 410 g/mol. The topological polar surface area (TPSA) is 71.4 Å². The zero-order valence-corrected chi connectivity index (χ0v) is 17.8. The first-order chi connectivity index (χ1) is 16.1. The molecule has 0 aliphatic heterocycles. The van der Waals surface area contributed by atoms with Gasteiger partial charge in [0.15, 0.2) is 0 Å². The van der Waals surface area contributed by atoms with Crippen LogP contribution in [0.4, 0.5) is 0 Å². The third-order valence-corrected chi connectivity index (χ3v) is 6.61. The van der Waals surface area contributed by atoms with Gasteiger partial charge in [0.2, 0.25) is 0 Å². The molecular formula is C28H17N3O2. The zero-order valence-electron chi connectivity index (χ0n) is 17.8. The normalized spacial score (nSPS) is 12.2. The molecule has 0 radical (unpaired) electrons. The number of nitrogens with one attached hydrogen (secondary N) is 1. The number of fused-ring (bicyclic) bond motifs is 6. The second-order valence-electron chi connectivity index (χ2n) is 8.53. The van der Waals surface area contributed by atoms with Crippen molar-refractivity contribution in [2.24, 2.45) is 0 Å². The highest BCUT2D eigenvalue weighted by atomic mass is 16.3. The van der Waals surface area contributed by atoms with E-state index in [0.717, 1.165) is 54.7 Å². The van der Waals surface area contributed by atoms with Gasteiger partial charge in [0.25, 0.3) is 5.56 Å². The predicted octanol–water partition coefficient (Wildman–Crippen LogP) is 6.52. The molecule has 7 rings (SSSR count). The summed E-state index contributed by atoms with van der Waals surface area (Å²) in [5.41, 5.74) is 5.83. The molecule has 0 amide bonds. The number of pyridine rings is 1. The molecule has 0 saturated carbocycles. The van der Waals surface area contributed by atoms with Gasteiger partial charge in [-0.3, -0.25) is 9.20 Å². The minimum absolute atomic E-state index is 0.145. The van der Waals surface area contributed by atoms with Gasteiger partial charge in [-0.25, -0.2) is 4.98 Å². The molecule has 0 aliphatic rings. The molecule has 1 N–H and O–H groups in total. The van der Waals surface area contributed by atoms with Crippen LogP contribution in [0.15, 0.2) is 76.5 Å². The van der Waals surface area contributed by atoms with Crippen LogP contribution in [0.2, 0.25) is 0 Å². The molecule has 5 nitrogen and oxygen atoms in total. The quantitative estimate of drug-likeness (QED) is 0.194. The van der Waals surface area contributed by atoms with E-state index in [1.807, 2.05) is 67.6 Å². The van der Waals surface area contributed by atoms with Crippen molar-refractivity contribution in [2.75, 3.05) is 0 Å². The van der Waals surface area contributed by atoms with Crippen molar-refractivity contribution in [3.8, 4) is 0 Å². The van der Waals surface area contributed by atoms with Crippen LogP contribution in [0.3, 0.4) is 0 Å². The van der Waals surface area contributed by atoms with Gasteiger partial charge in [-0.1, -0.05) is 36.9 Å². The molecule has 7 aromatic rings. The summed E-state index contributed by atoms with van der Waals surface area (Å²) >= 11 is 0. The van der Waals surface area contributed by atoms with E-state index in [2.05, 4.69) is 6.58 Å². The maximum atomic E-state index is 13.8. The Labute approximate surface area is 187 Å². The molecule has 5 heteroatoms. The maximum absolute atomic E-state index is 13.8. The van der Waals surface area contributed by atoms with Crippen LogP contribution >= 0.6 is 0 Å². The molecule has 3 heterocycles. The van der Waals surface area contributed by atoms with Crippen molar-refractivity contribution in [2.45, 2.75) is 6.92 Å². The van der Waals surface area contributed by atoms with Crippen molar-refractivity contribution in [3.05, 3.63) is 88.7 Å². The third kappa shape index (κ3) is 2.13. The van der Waals surface area contributed by atoms with Gasteiger partial charge in [-0.2, -0.15) is 0 Å². The smallest absolute Gasteiger partial charge is 0.264 e. The number of imidazole rings is 1. The lowest BCUT2D eigenvalue weighted by Crippen LogP contribution is -2.14. The van der Waals surface area contributed by atoms with E-state index in [9.17, 15) is 4.79 Å². The van der Waals surface area contributed by atoms with Crippen LogP contribution in [-0.2, 0) is 0 Å². The number of rotatable bonds is 2. The third-order valence-electron chi connectivity index (χ3n) is 6.61. The van der Waals surface area contributed by atoms with Gasteiger partial charge < -0.3 is 9.83 Å². The zero-order chi connectivity index (χ0) is 22.4. The van der Waals surface area contributed by atoms with Crippen molar-refractivity contribution in [3.63, 3.8) is 0 Å². The second kappa shape index (κ2) is 6.04. The first-order valence-corrected chi connectivity index (χ1v) is 10.7. The van der Waals surface area contributed by atoms with Gasteiger partial charge in [0.1, 0.15) is 16.8 Å². The summed E-state index contributed by atoms with van der Waals surface area (Å²) in [7, 11) is 0. The number of allylic oxidation sites excluding steroid dienone is 1. The standard InChI is InChI=1S/C28H17N3O2/c1-14(2)17-12-18-24-19(28(32)31-21-9-5-4-8-20(21)30-27(18)31)11-15(13-29)23-16-7-3-6-10-22(16)33-26(17)25(23)24/h3-13,29H,1H2,2H3. The molecule has 0 aliphatic carbocycles. The number of para-hydroxylation sites is 3. The van der Waals surface area contributed by atoms with E-state index >= 15 is 0 Å². The molecule has 0 fully saturated rings. The van der Waals surface area contributed by atoms with E-state index in [1.54, 1.807) is 4.40 Å². The fourth-order valence-electron chi connectivity index (χ4n) is 5.20. The van der Waals surface area contributed by atoms with Crippen molar-refractivity contribution >= 4 is 72.0 Å². The van der Waals surface area contributed by atoms with E-state index in [1.165, 1.54) is 6.21 Å². The van der Waals surface area contributed by atoms with Crippen molar-refractivity contribution in [1.82, 2.24) is 9.38 Å². The van der Waals surface area contributed by atoms with E-state index < -0.39 is 0 Å². The number of aromatic nitrogens is 2. The molecule has 33 heavy (non-hydrogen) atoms. The molecule has 0 saturated heterocycles. The fourth-order valence-corrected chi connectivity index (χ4v) is 5.20. The molecule has 0 unspecified atom stereocenters. The van der Waals surface area contributed by atoms with Crippen molar-refractivity contribution in [1.29, 1.82) is 5.41 Å². The summed E-state index contributed by atoms with van der Waals surface area (Å²) in [4.78, 5) is 18.7. The summed E-state index contributed by atoms with van der Waals surface area (Å²) in [6.45, 7) is 6.15. The Hall–Kier alpha value is -4.51. The molecule has 4 aromatic carbocycles. The molecule has 156 valence electrons. The van der Waals surface area contributed by atoms with E-state index in [4.69, 9.17) is 14.8 Å². The Morgan fingerprint density at radius 2 is 1.79 bits per heavy atom. The second-order valence-corrected chi connectivity index (χ2v) is 8.53. The average molecular weight is 427 g/mol. The number of benzene rings is 4. The highest BCUT2D eigenvalue weighted by Crippen LogP contribution is 2.43. The average Bonchev–Trinajstić information content (AvgIpc) is 3.23. The summed E-state index contributed by atoms with van der Waals surface area (Å²) < 4.78 is 8.11. The Balaban J connectivity index is 1.93. The number of hydrogen-bond donors (Lipinski definition) is 1. The highest BCUT2D eigenvalue weighted by Gasteiger charge is 2.24. The van der Waals surface area contributed by atoms with Crippen LogP contribution in [0, 0.1) is 5.41 Å². The lowest BCUT2D eigenvalue weighted by molar-refractivity contribution is 0.661. The van der Waals surface area contributed by atoms with Gasteiger partial charge in [-0.15, -0.1) is 0 Å². The van der Waals surface area contributed by atoms with Gasteiger partial charge >= 0.3 is 0 Å². The maximum Gasteiger partial charge on any atom is 0.264 e. The minimum Gasteiger partial charge on any atom is -0.455 e. The van der Waals surface area contributed by atoms with Gasteiger partial charge in [0.05, 0.1) is 11.0 Å². The Bertz CT molecular complexity index is 2040. The van der Waals surface area contributed by atoms with Crippen LogP contribution < -0.4 is 5.56 Å². The van der Waals surface area contributed by atoms with Crippen LogP contribution in [0.1, 0.15) is 18.1 Å². The van der Waals surface area contributed by atoms with E-state index in [0.29, 0.717) is 22.2 Å². The monoisotopic (exact) mass is 427 g/mol. The van der Waals surface area contributed by atoms with Crippen LogP contribution in [-0.4, -0.2) is 15.6 Å². The van der Waals surface area contributed by atoms with E-state index in [-0.39, 0.29) is 5.56 Å². The van der Waals surface area contributed by atoms with Gasteiger partial charge in [-0.05, 0) is 42.8 Å². The largest absolute Gasteiger partial charge is 0.455 e. The fraction of sp³-hybridized carbons (Fsp3) is 0.0357. The molecule has 0 atom stereocenters. The minimum atomic E-state index is -0.145. The highest BCUT2D eigenvalue weighted by molar-refractivity contribution is 6.32. The molecule has 0 bridgehead atoms. The summed E-state index contributed by atoms with van der Waals surface area (Å²) in [5, 5.41) is 13.1. The predicted molar refractivity (Wildman–Crippen MR) is 135 cm³/mol. The Morgan fingerprint density at radius 3 is 2.61 bits per heavy atom. The SMILES string of the molecule is C=C(C)c1cc2c3c(cc(C=N)c4c5ccccc5oc1c43)c(=O)n1c3ccccc3nc21. The lowest BCUT2D eigenvalue weighted by Gasteiger charge is -2.17. The Kier molecular flexibility index (Phi) is 3.32. The molecule has 0 spiro atoms. The number of nitrogens with zero attached hydrogens (tertiary/aromatic N) is 2. The van der Waals surface area contributed by atoms with Crippen molar-refractivity contribution < 1.29 is 4.42 Å². The van der Waals surface area contributed by atoms with Crippen LogP contribution in [0.25, 0.3) is 65.7 Å². The summed E-state index contributed by atoms with van der Waals surface area (Å²) in [6.07, 6.45) is 1.32. The Morgan fingerprint density at radius 1 is 1.00 bits per heavy atom. The molecule has 3 aromatic heterocycles. The first kappa shape index (κ1) is 18.1. The lowest BCUT2D eigenvalue weighted by atomic mass is 9.90. The van der Waals surface area contributed by atoms with Gasteiger partial charge in [0, 0.05) is 49.7 Å². The summed E-state index contributed by atoms with van der Waals surface area (Å²) in [6, 6.07) is 19.3. The first-order valence-electron chi connectivity index (χ1n) is 10.7. The number of hydrogen-bond acceptors (Lipinski definition) is 4. The summed E-state index contributed by atoms with van der Waals surface area (Å²) in [5.74, 6) is 0.